The molecule has 4 nitrogen and oxygen atoms in total. The molecule has 1 unspecified atom stereocenters. The van der Waals surface area contributed by atoms with Crippen molar-refractivity contribution in [1.82, 2.24) is 0 Å². The Kier molecular flexibility index (Phi) is 2.73. The minimum absolute atomic E-state index is 0.593. The van der Waals surface area contributed by atoms with Gasteiger partial charge in [-0.15, -0.1) is 0 Å². The Labute approximate surface area is 64.3 Å². The Bertz CT molecular complexity index is 305. The summed E-state index contributed by atoms with van der Waals surface area (Å²) >= 11 is 0. The highest BCUT2D eigenvalue weighted by Crippen LogP contribution is 2.20. The first kappa shape index (κ1) is 7.86. The largest absolute Gasteiger partial charge is 0.315 e. The van der Waals surface area contributed by atoms with Gasteiger partial charge < -0.3 is 4.57 Å². The van der Waals surface area contributed by atoms with Gasteiger partial charge in [-0.25, -0.2) is 0 Å². The van der Waals surface area contributed by atoms with Crippen molar-refractivity contribution >= 4 is 13.3 Å². The van der Waals surface area contributed by atoms with Crippen molar-refractivity contribution in [2.45, 2.75) is 0 Å². The second kappa shape index (κ2) is 3.81. The molecule has 0 aliphatic rings. The molecule has 0 spiro atoms. The molecule has 0 aliphatic heterocycles. The second-order valence-electron chi connectivity index (χ2n) is 1.86. The van der Waals surface area contributed by atoms with Crippen LogP contribution in [0.1, 0.15) is 0 Å². The summed E-state index contributed by atoms with van der Waals surface area (Å²) in [4.78, 5) is 5.59. The molecule has 1 aromatic carbocycles. The predicted molar refractivity (Wildman–Crippen MR) is 44.2 cm³/mol. The van der Waals surface area contributed by atoms with Crippen molar-refractivity contribution in [3.05, 3.63) is 40.8 Å². The van der Waals surface area contributed by atoms with E-state index in [0.29, 0.717) is 5.30 Å². The lowest BCUT2D eigenvalue weighted by atomic mass is 10.4. The van der Waals surface area contributed by atoms with Crippen LogP contribution >= 0.6 is 7.95 Å². The first-order valence-electron chi connectivity index (χ1n) is 2.99. The number of benzene rings is 1. The zero-order chi connectivity index (χ0) is 8.10. The summed E-state index contributed by atoms with van der Waals surface area (Å²) in [5.41, 5.74) is 7.98. The molecule has 1 aromatic rings. The van der Waals surface area contributed by atoms with Crippen molar-refractivity contribution in [1.29, 1.82) is 0 Å². The van der Waals surface area contributed by atoms with E-state index in [4.69, 9.17) is 5.53 Å². The summed E-state index contributed by atoms with van der Waals surface area (Å²) in [5.74, 6) is 0. The van der Waals surface area contributed by atoms with Crippen LogP contribution in [0.25, 0.3) is 10.4 Å². The first-order valence-corrected chi connectivity index (χ1v) is 4.34. The molecule has 0 saturated heterocycles. The fourth-order valence-electron chi connectivity index (χ4n) is 0.679. The fourth-order valence-corrected chi connectivity index (χ4v) is 1.35. The summed E-state index contributed by atoms with van der Waals surface area (Å²) < 4.78 is 11.0. The summed E-state index contributed by atoms with van der Waals surface area (Å²) in [6.45, 7) is 0. The average Bonchev–Trinajstić information content (AvgIpc) is 2.07. The predicted octanol–water partition coefficient (Wildman–Crippen LogP) is 2.10. The van der Waals surface area contributed by atoms with Crippen molar-refractivity contribution in [3.8, 4) is 0 Å². The monoisotopic (exact) mass is 167 g/mol. The van der Waals surface area contributed by atoms with Gasteiger partial charge in [0, 0.05) is 10.2 Å². The zero-order valence-electron chi connectivity index (χ0n) is 5.64. The maximum atomic E-state index is 11.0. The maximum absolute atomic E-state index is 11.0. The van der Waals surface area contributed by atoms with E-state index in [0.717, 1.165) is 0 Å². The SMILES string of the molecule is [N-]=[N+]=N[PH](=O)c1ccccc1. The van der Waals surface area contributed by atoms with E-state index in [1.807, 2.05) is 6.07 Å². The molecule has 1 atom stereocenters. The molecule has 0 amide bonds. The molecule has 0 bridgehead atoms. The molecule has 11 heavy (non-hydrogen) atoms. The smallest absolute Gasteiger partial charge is 0.189 e. The standard InChI is InChI=1S/C6H6N3OP/c7-8-9-11(10)6-4-2-1-3-5-6/h1-5,11H. The van der Waals surface area contributed by atoms with Crippen LogP contribution in [-0.2, 0) is 4.57 Å². The zero-order valence-corrected chi connectivity index (χ0v) is 6.64. The minimum atomic E-state index is -2.26. The summed E-state index contributed by atoms with van der Waals surface area (Å²) in [6.07, 6.45) is 0. The van der Waals surface area contributed by atoms with Gasteiger partial charge in [0.2, 0.25) is 0 Å². The van der Waals surface area contributed by atoms with Crippen molar-refractivity contribution in [2.24, 2.45) is 4.88 Å². The lowest BCUT2D eigenvalue weighted by Crippen LogP contribution is -1.90. The molecule has 0 N–H and O–H groups in total. The molecule has 0 fully saturated rings. The highest BCUT2D eigenvalue weighted by Gasteiger charge is 1.96. The highest BCUT2D eigenvalue weighted by molar-refractivity contribution is 7.51. The topological polar surface area (TPSA) is 65.8 Å². The van der Waals surface area contributed by atoms with Gasteiger partial charge in [-0.3, -0.25) is 0 Å². The Morgan fingerprint density at radius 1 is 1.36 bits per heavy atom. The lowest BCUT2D eigenvalue weighted by molar-refractivity contribution is 0.594. The molecule has 0 heterocycles. The van der Waals surface area contributed by atoms with Crippen LogP contribution in [0.3, 0.4) is 0 Å². The first-order chi connectivity index (χ1) is 5.34. The third-order valence-electron chi connectivity index (χ3n) is 1.16. The molecule has 1 rings (SSSR count). The number of nitrogens with zero attached hydrogens (tertiary/aromatic N) is 3. The van der Waals surface area contributed by atoms with Crippen LogP contribution < -0.4 is 5.30 Å². The van der Waals surface area contributed by atoms with E-state index in [-0.39, 0.29) is 0 Å². The Morgan fingerprint density at radius 3 is 2.55 bits per heavy atom. The number of hydrogen-bond acceptors (Lipinski definition) is 1. The van der Waals surface area contributed by atoms with Crippen LogP contribution in [0.15, 0.2) is 35.2 Å². The van der Waals surface area contributed by atoms with E-state index in [2.05, 4.69) is 9.80 Å². The van der Waals surface area contributed by atoms with Crippen LogP contribution in [0, 0.1) is 0 Å². The molecule has 0 radical (unpaired) electrons. The minimum Gasteiger partial charge on any atom is -0.315 e. The third-order valence-corrected chi connectivity index (χ3v) is 2.25. The van der Waals surface area contributed by atoms with Gasteiger partial charge in [0.05, 0.1) is 0 Å². The fraction of sp³-hybridized carbons (Fsp3) is 0. The van der Waals surface area contributed by atoms with Crippen LogP contribution in [0.5, 0.6) is 0 Å². The molecular formula is C6H6N3OP. The molecule has 0 aromatic heterocycles. The number of rotatable bonds is 2. The molecule has 0 saturated carbocycles. The van der Waals surface area contributed by atoms with E-state index < -0.39 is 7.95 Å². The summed E-state index contributed by atoms with van der Waals surface area (Å²) in [6, 6.07) is 8.68. The van der Waals surface area contributed by atoms with Crippen LogP contribution in [0.4, 0.5) is 0 Å². The second-order valence-corrected chi connectivity index (χ2v) is 3.25. The average molecular weight is 167 g/mol. The van der Waals surface area contributed by atoms with Gasteiger partial charge in [0.25, 0.3) is 0 Å². The Balaban J connectivity index is 2.94. The van der Waals surface area contributed by atoms with Gasteiger partial charge in [-0.05, 0) is 10.4 Å². The number of azide groups is 1. The van der Waals surface area contributed by atoms with E-state index in [1.54, 1.807) is 24.3 Å². The van der Waals surface area contributed by atoms with Gasteiger partial charge in [0.15, 0.2) is 7.95 Å². The van der Waals surface area contributed by atoms with Gasteiger partial charge >= 0.3 is 0 Å². The summed E-state index contributed by atoms with van der Waals surface area (Å²) in [7, 11) is -2.26. The normalized spacial score (nSPS) is 11.6. The van der Waals surface area contributed by atoms with Crippen molar-refractivity contribution < 1.29 is 4.57 Å². The third kappa shape index (κ3) is 2.11. The Hall–Kier alpha value is -1.24. The van der Waals surface area contributed by atoms with E-state index in [9.17, 15) is 4.57 Å². The maximum Gasteiger partial charge on any atom is 0.189 e. The molecular weight excluding hydrogens is 161 g/mol. The van der Waals surface area contributed by atoms with Gasteiger partial charge in [-0.2, -0.15) is 0 Å². The Morgan fingerprint density at radius 2 is 2.00 bits per heavy atom. The van der Waals surface area contributed by atoms with Gasteiger partial charge in [0.1, 0.15) is 0 Å². The molecule has 56 valence electrons. The van der Waals surface area contributed by atoms with Crippen LogP contribution in [-0.4, -0.2) is 0 Å². The van der Waals surface area contributed by atoms with E-state index >= 15 is 0 Å². The van der Waals surface area contributed by atoms with Crippen molar-refractivity contribution in [3.63, 3.8) is 0 Å². The molecule has 5 heteroatoms. The number of hydrogen-bond donors (Lipinski definition) is 0. The molecule has 0 aliphatic carbocycles. The quantitative estimate of drug-likeness (QED) is 0.288. The highest BCUT2D eigenvalue weighted by atomic mass is 31.1. The van der Waals surface area contributed by atoms with E-state index in [1.165, 1.54) is 0 Å². The van der Waals surface area contributed by atoms with Crippen molar-refractivity contribution in [2.75, 3.05) is 0 Å². The van der Waals surface area contributed by atoms with Gasteiger partial charge in [-0.1, -0.05) is 30.3 Å². The van der Waals surface area contributed by atoms with Crippen LogP contribution in [0.2, 0.25) is 0 Å². The summed E-state index contributed by atoms with van der Waals surface area (Å²) in [5, 5.41) is 0.593. The lowest BCUT2D eigenvalue weighted by Gasteiger charge is -1.91.